The third-order valence-electron chi connectivity index (χ3n) is 3.20. The van der Waals surface area contributed by atoms with E-state index in [9.17, 15) is 4.79 Å². The van der Waals surface area contributed by atoms with Crippen LogP contribution in [0, 0.1) is 0 Å². The van der Waals surface area contributed by atoms with Crippen molar-refractivity contribution in [1.82, 2.24) is 4.98 Å². The minimum atomic E-state index is -0.968. The van der Waals surface area contributed by atoms with Gasteiger partial charge in [-0.05, 0) is 18.6 Å². The van der Waals surface area contributed by atoms with E-state index in [0.717, 1.165) is 22.2 Å². The van der Waals surface area contributed by atoms with Crippen molar-refractivity contribution >= 4 is 32.7 Å². The number of aromatic carboxylic acids is 1. The number of nitrogens with zero attached hydrogens (tertiary/aromatic N) is 1. The highest BCUT2D eigenvalue weighted by molar-refractivity contribution is 7.22. The third kappa shape index (κ3) is 2.60. The van der Waals surface area contributed by atoms with Crippen LogP contribution in [0.1, 0.15) is 22.3 Å². The van der Waals surface area contributed by atoms with Gasteiger partial charge in [-0.1, -0.05) is 11.3 Å². The van der Waals surface area contributed by atoms with Crippen molar-refractivity contribution in [1.29, 1.82) is 0 Å². The van der Waals surface area contributed by atoms with Gasteiger partial charge in [0.15, 0.2) is 5.13 Å². The van der Waals surface area contributed by atoms with Gasteiger partial charge < -0.3 is 20.3 Å². The number of fused-ring (bicyclic) bond motifs is 1. The molecule has 0 unspecified atom stereocenters. The molecular formula is C13H14N2O4S. The Labute approximate surface area is 119 Å². The first-order chi connectivity index (χ1) is 9.63. The van der Waals surface area contributed by atoms with Crippen LogP contribution in [0.25, 0.3) is 10.2 Å². The van der Waals surface area contributed by atoms with Gasteiger partial charge in [-0.15, -0.1) is 0 Å². The SMILES string of the molecule is Nc1nc2c(CO[C@@H]3CCOC3)cc(C(=O)O)cc2s1. The first kappa shape index (κ1) is 13.3. The summed E-state index contributed by atoms with van der Waals surface area (Å²) in [5.41, 5.74) is 7.40. The van der Waals surface area contributed by atoms with E-state index in [4.69, 9.17) is 20.3 Å². The number of ether oxygens (including phenoxy) is 2. The quantitative estimate of drug-likeness (QED) is 0.894. The summed E-state index contributed by atoms with van der Waals surface area (Å²) in [4.78, 5) is 15.4. The predicted octanol–water partition coefficient (Wildman–Crippen LogP) is 1.88. The molecule has 1 aromatic carbocycles. The maximum atomic E-state index is 11.2. The Hall–Kier alpha value is -1.70. The molecule has 1 aliphatic rings. The molecule has 0 saturated carbocycles. The smallest absolute Gasteiger partial charge is 0.335 e. The number of aromatic nitrogens is 1. The summed E-state index contributed by atoms with van der Waals surface area (Å²) in [5.74, 6) is -0.968. The fourth-order valence-electron chi connectivity index (χ4n) is 2.20. The monoisotopic (exact) mass is 294 g/mol. The molecule has 7 heteroatoms. The lowest BCUT2D eigenvalue weighted by atomic mass is 10.1. The Bertz CT molecular complexity index is 649. The van der Waals surface area contributed by atoms with E-state index < -0.39 is 5.97 Å². The van der Waals surface area contributed by atoms with Crippen LogP contribution >= 0.6 is 11.3 Å². The standard InChI is InChI=1S/C13H14N2O4S/c14-13-15-11-8(5-19-9-1-2-18-6-9)3-7(12(16)17)4-10(11)20-13/h3-4,9H,1-2,5-6H2,(H2,14,15)(H,16,17)/t9-/m1/s1. The lowest BCUT2D eigenvalue weighted by Crippen LogP contribution is -2.12. The van der Waals surface area contributed by atoms with Gasteiger partial charge in [-0.2, -0.15) is 0 Å². The van der Waals surface area contributed by atoms with Crippen LogP contribution < -0.4 is 5.73 Å². The lowest BCUT2D eigenvalue weighted by molar-refractivity contribution is 0.0322. The zero-order valence-electron chi connectivity index (χ0n) is 10.7. The Morgan fingerprint density at radius 2 is 2.45 bits per heavy atom. The van der Waals surface area contributed by atoms with E-state index in [2.05, 4.69) is 4.98 Å². The summed E-state index contributed by atoms with van der Waals surface area (Å²) in [5, 5.41) is 9.57. The minimum Gasteiger partial charge on any atom is -0.478 e. The number of carbonyl (C=O) groups is 1. The van der Waals surface area contributed by atoms with Crippen molar-refractivity contribution in [3.63, 3.8) is 0 Å². The fraction of sp³-hybridized carbons (Fsp3) is 0.385. The first-order valence-electron chi connectivity index (χ1n) is 6.25. The molecule has 1 saturated heterocycles. The number of rotatable bonds is 4. The molecule has 6 nitrogen and oxygen atoms in total. The van der Waals surface area contributed by atoms with Crippen LogP contribution in [0.2, 0.25) is 0 Å². The van der Waals surface area contributed by atoms with Crippen molar-refractivity contribution in [2.75, 3.05) is 18.9 Å². The molecule has 1 aromatic heterocycles. The summed E-state index contributed by atoms with van der Waals surface area (Å²) < 4.78 is 11.8. The van der Waals surface area contributed by atoms with E-state index in [0.29, 0.717) is 25.0 Å². The Kier molecular flexibility index (Phi) is 3.56. The van der Waals surface area contributed by atoms with Crippen LogP contribution in [0.5, 0.6) is 0 Å². The number of carboxylic acid groups (broad SMARTS) is 1. The van der Waals surface area contributed by atoms with Crippen LogP contribution in [0.15, 0.2) is 12.1 Å². The minimum absolute atomic E-state index is 0.0644. The average Bonchev–Trinajstić information content (AvgIpc) is 3.03. The van der Waals surface area contributed by atoms with Crippen LogP contribution in [0.4, 0.5) is 5.13 Å². The van der Waals surface area contributed by atoms with Crippen molar-refractivity contribution in [2.24, 2.45) is 0 Å². The van der Waals surface area contributed by atoms with Gasteiger partial charge in [0, 0.05) is 12.2 Å². The Balaban J connectivity index is 1.91. The average molecular weight is 294 g/mol. The first-order valence-corrected chi connectivity index (χ1v) is 7.06. The highest BCUT2D eigenvalue weighted by Crippen LogP contribution is 2.29. The van der Waals surface area contributed by atoms with E-state index >= 15 is 0 Å². The van der Waals surface area contributed by atoms with Crippen molar-refractivity contribution < 1.29 is 19.4 Å². The lowest BCUT2D eigenvalue weighted by Gasteiger charge is -2.10. The van der Waals surface area contributed by atoms with Crippen molar-refractivity contribution in [2.45, 2.75) is 19.1 Å². The van der Waals surface area contributed by atoms with E-state index in [1.165, 1.54) is 11.3 Å². The Morgan fingerprint density at radius 1 is 1.60 bits per heavy atom. The van der Waals surface area contributed by atoms with Crippen LogP contribution in [-0.2, 0) is 16.1 Å². The van der Waals surface area contributed by atoms with Gasteiger partial charge in [0.25, 0.3) is 0 Å². The molecule has 1 fully saturated rings. The molecule has 2 heterocycles. The van der Waals surface area contributed by atoms with E-state index in [1.54, 1.807) is 12.1 Å². The van der Waals surface area contributed by atoms with Gasteiger partial charge in [0.05, 0.1) is 35.1 Å². The second-order valence-electron chi connectivity index (χ2n) is 4.64. The van der Waals surface area contributed by atoms with E-state index in [-0.39, 0.29) is 11.7 Å². The molecule has 3 N–H and O–H groups in total. The topological polar surface area (TPSA) is 94.7 Å². The second kappa shape index (κ2) is 5.35. The molecule has 106 valence electrons. The fourth-order valence-corrected chi connectivity index (χ4v) is 3.02. The highest BCUT2D eigenvalue weighted by Gasteiger charge is 2.18. The number of hydrogen-bond donors (Lipinski definition) is 2. The molecule has 3 rings (SSSR count). The predicted molar refractivity (Wildman–Crippen MR) is 75.0 cm³/mol. The summed E-state index contributed by atoms with van der Waals surface area (Å²) in [6.45, 7) is 1.61. The van der Waals surface area contributed by atoms with Gasteiger partial charge in [-0.3, -0.25) is 0 Å². The number of benzene rings is 1. The number of nitrogens with two attached hydrogens (primary N) is 1. The van der Waals surface area contributed by atoms with Crippen LogP contribution in [-0.4, -0.2) is 35.4 Å². The number of thiazole rings is 1. The van der Waals surface area contributed by atoms with Gasteiger partial charge in [0.2, 0.25) is 0 Å². The van der Waals surface area contributed by atoms with Gasteiger partial charge >= 0.3 is 5.97 Å². The zero-order valence-corrected chi connectivity index (χ0v) is 11.5. The van der Waals surface area contributed by atoms with Gasteiger partial charge in [0.1, 0.15) is 0 Å². The number of anilines is 1. The molecule has 1 atom stereocenters. The molecule has 0 radical (unpaired) electrons. The summed E-state index contributed by atoms with van der Waals surface area (Å²) >= 11 is 1.28. The van der Waals surface area contributed by atoms with Gasteiger partial charge in [-0.25, -0.2) is 9.78 Å². The maximum absolute atomic E-state index is 11.2. The molecular weight excluding hydrogens is 280 g/mol. The normalized spacial score (nSPS) is 18.7. The zero-order chi connectivity index (χ0) is 14.1. The van der Waals surface area contributed by atoms with Crippen molar-refractivity contribution in [3.8, 4) is 0 Å². The molecule has 0 spiro atoms. The highest BCUT2D eigenvalue weighted by atomic mass is 32.1. The molecule has 20 heavy (non-hydrogen) atoms. The molecule has 0 aliphatic carbocycles. The molecule has 0 bridgehead atoms. The second-order valence-corrected chi connectivity index (χ2v) is 5.70. The molecule has 0 amide bonds. The third-order valence-corrected chi connectivity index (χ3v) is 4.03. The molecule has 2 aromatic rings. The maximum Gasteiger partial charge on any atom is 0.335 e. The summed E-state index contributed by atoms with van der Waals surface area (Å²) in [7, 11) is 0. The number of nitrogen functional groups attached to an aromatic ring is 1. The van der Waals surface area contributed by atoms with Crippen LogP contribution in [0.3, 0.4) is 0 Å². The summed E-state index contributed by atoms with van der Waals surface area (Å²) in [6, 6.07) is 3.19. The number of hydrogen-bond acceptors (Lipinski definition) is 6. The van der Waals surface area contributed by atoms with E-state index in [1.807, 2.05) is 0 Å². The largest absolute Gasteiger partial charge is 0.478 e. The summed E-state index contributed by atoms with van der Waals surface area (Å²) in [6.07, 6.45) is 0.926. The molecule has 1 aliphatic heterocycles. The van der Waals surface area contributed by atoms with Crippen molar-refractivity contribution in [3.05, 3.63) is 23.3 Å². The number of carboxylic acids is 1. The Morgan fingerprint density at radius 3 is 3.15 bits per heavy atom.